The zero-order valence-electron chi connectivity index (χ0n) is 31.6. The second-order valence-corrected chi connectivity index (χ2v) is 17.5. The minimum absolute atomic E-state index is 0.00331. The minimum atomic E-state index is -5.08. The molecule has 0 radical (unpaired) electrons. The number of carboxylic acids is 3. The van der Waals surface area contributed by atoms with E-state index in [9.17, 15) is 48.0 Å². The summed E-state index contributed by atoms with van der Waals surface area (Å²) in [6, 6.07) is 19.3. The number of fused-ring (bicyclic) bond motifs is 6. The van der Waals surface area contributed by atoms with E-state index in [2.05, 4.69) is 90.4 Å². The zero-order chi connectivity index (χ0) is 47.1. The number of alkyl halides is 3. The lowest BCUT2D eigenvalue weighted by Gasteiger charge is -2.36. The molecule has 2 heterocycles. The number of rotatable bonds is 7. The maximum Gasteiger partial charge on any atom is 0.490 e. The van der Waals surface area contributed by atoms with Crippen LogP contribution < -0.4 is 26.7 Å². The van der Waals surface area contributed by atoms with Crippen molar-refractivity contribution in [3.8, 4) is 40.2 Å². The number of aromatic carboxylic acids is 1. The van der Waals surface area contributed by atoms with Crippen LogP contribution in [0.5, 0.6) is 40.2 Å². The van der Waals surface area contributed by atoms with Gasteiger partial charge in [-0.1, -0.05) is 0 Å². The Morgan fingerprint density at radius 3 is 1.65 bits per heavy atom. The van der Waals surface area contributed by atoms with E-state index >= 15 is 0 Å². The number of aromatic hydroxyl groups is 3. The molecule has 0 unspecified atom stereocenters. The van der Waals surface area contributed by atoms with Crippen molar-refractivity contribution in [3.63, 3.8) is 0 Å². The Morgan fingerprint density at radius 2 is 1.22 bits per heavy atom. The van der Waals surface area contributed by atoms with E-state index in [1.54, 1.807) is 24.3 Å². The van der Waals surface area contributed by atoms with Gasteiger partial charge in [0.05, 0.1) is 25.4 Å². The molecular weight excluding hydrogens is 1300 g/mol. The van der Waals surface area contributed by atoms with Crippen LogP contribution in [0, 0.1) is 14.3 Å². The van der Waals surface area contributed by atoms with E-state index in [0.717, 1.165) is 12.7 Å². The molecule has 5 aromatic rings. The van der Waals surface area contributed by atoms with Gasteiger partial charge in [0.2, 0.25) is 0 Å². The summed E-state index contributed by atoms with van der Waals surface area (Å²) in [6.45, 7) is 1.19. The molecule has 334 valence electrons. The van der Waals surface area contributed by atoms with E-state index in [1.165, 1.54) is 42.5 Å². The third-order valence-corrected chi connectivity index (χ3v) is 11.7. The van der Waals surface area contributed by atoms with Gasteiger partial charge in [0, 0.05) is 41.9 Å². The number of phenols is 3. The van der Waals surface area contributed by atoms with Crippen molar-refractivity contribution in [3.05, 3.63) is 127 Å². The van der Waals surface area contributed by atoms with Crippen LogP contribution in [0.2, 0.25) is 0 Å². The third kappa shape index (κ3) is 12.2. The summed E-state index contributed by atoms with van der Waals surface area (Å²) in [6.07, 6.45) is -4.82. The number of ether oxygens (including phenoxy) is 3. The lowest BCUT2D eigenvalue weighted by atomic mass is 9.77. The first kappa shape index (κ1) is 51.2. The third-order valence-electron chi connectivity index (χ3n) is 8.47. The average Bonchev–Trinajstić information content (AvgIpc) is 3.49. The predicted octanol–water partition coefficient (Wildman–Crippen LogP) is 7.46. The topological polar surface area (TPSA) is 295 Å². The Morgan fingerprint density at radius 1 is 0.730 bits per heavy atom. The van der Waals surface area contributed by atoms with E-state index < -0.39 is 41.7 Å². The highest BCUT2D eigenvalue weighted by molar-refractivity contribution is 14.1. The molecule has 16 nitrogen and oxygen atoms in total. The number of carbonyl (C=O) groups excluding carboxylic acids is 1. The molecule has 0 aliphatic carbocycles. The Labute approximate surface area is 409 Å². The smallest absolute Gasteiger partial charge is 0.490 e. The summed E-state index contributed by atoms with van der Waals surface area (Å²) < 4.78 is 52.6. The first-order valence-electron chi connectivity index (χ1n) is 17.4. The molecule has 0 bridgehead atoms. The molecule has 1 atom stereocenters. The second kappa shape index (κ2) is 21.5. The molecule has 0 fully saturated rings. The second-order valence-electron chi connectivity index (χ2n) is 12.9. The molecule has 63 heavy (non-hydrogen) atoms. The van der Waals surface area contributed by atoms with Crippen molar-refractivity contribution in [2.75, 3.05) is 13.1 Å². The Kier molecular flexibility index (Phi) is 17.5. The molecule has 23 heteroatoms. The van der Waals surface area contributed by atoms with Crippen molar-refractivity contribution in [1.82, 2.24) is 0 Å². The molecule has 5 aromatic carbocycles. The van der Waals surface area contributed by atoms with Gasteiger partial charge in [-0.05, 0) is 169 Å². The number of halogens is 7. The summed E-state index contributed by atoms with van der Waals surface area (Å²) in [4.78, 5) is 44.0. The predicted molar refractivity (Wildman–Crippen MR) is 252 cm³/mol. The summed E-state index contributed by atoms with van der Waals surface area (Å²) >= 11 is 8.42. The first-order valence-corrected chi connectivity index (χ1v) is 21.7. The minimum Gasteiger partial charge on any atom is -0.508 e. The molecule has 0 saturated heterocycles. The number of phenolic OH excluding ortho intramolecular Hbond substituents is 3. The van der Waals surface area contributed by atoms with Crippen LogP contribution in [-0.2, 0) is 26.3 Å². The monoisotopic (exact) mass is 1330 g/mol. The van der Waals surface area contributed by atoms with Gasteiger partial charge in [0.1, 0.15) is 40.5 Å². The number of carbonyl (C=O) groups is 4. The number of hydrogen-bond acceptors (Lipinski definition) is 13. The number of nitrogens with two attached hydrogens (primary N) is 3. The molecule has 2 aliphatic heterocycles. The quantitative estimate of drug-likeness (QED) is 0.0564. The van der Waals surface area contributed by atoms with Crippen LogP contribution in [0.3, 0.4) is 0 Å². The average molecular weight is 1330 g/mol. The van der Waals surface area contributed by atoms with Crippen molar-refractivity contribution in [1.29, 1.82) is 0 Å². The number of benzene rings is 5. The van der Waals surface area contributed by atoms with Crippen molar-refractivity contribution >= 4 is 114 Å². The SMILES string of the molecule is NCCN.N[C@H](Cc1cc(I)c(Oc2cc(I)c(O)c(I)c2)c(I)c1)C(=O)O.O=C(O)C(F)(F)F.O=C(O)c1ccc2c(c1)C1(OC2=O)c2ccc(O)cc2Oc2cc(O)ccc21. The van der Waals surface area contributed by atoms with Gasteiger partial charge in [-0.25, -0.2) is 14.4 Å². The summed E-state index contributed by atoms with van der Waals surface area (Å²) in [7, 11) is 0. The standard InChI is InChI=1S/C21H12O7.C15H11I4NO4.C2HF3O2.C2H8N2/c22-11-2-5-14-17(8-11)27-18-9-12(23)3-6-15(18)21(14)16-7-10(19(24)25)1-4-13(16)20(26)28-21;16-8-4-7(5-9(17)13(8)21)24-14-10(18)1-6(2-11(14)19)3-12(20)15(22)23;3-2(4,5)1(6)7;3-1-2-4/h1-9,22-23H,(H,24,25);1-2,4-5,12,21H,3,20H2,(H,22,23);(H,6,7);1-4H2/t;12-;;/m.1../s1. The first-order chi connectivity index (χ1) is 29.4. The normalized spacial score (nSPS) is 13.1. The molecule has 2 aliphatic rings. The van der Waals surface area contributed by atoms with Crippen LogP contribution in [0.1, 0.15) is 43.0 Å². The van der Waals surface area contributed by atoms with Gasteiger partial charge >= 0.3 is 30.1 Å². The Bertz CT molecular complexity index is 2480. The van der Waals surface area contributed by atoms with E-state index in [1.807, 2.05) is 12.1 Å². The van der Waals surface area contributed by atoms with Crippen LogP contribution >= 0.6 is 90.4 Å². The van der Waals surface area contributed by atoms with Crippen LogP contribution in [0.25, 0.3) is 0 Å². The number of carboxylic acid groups (broad SMARTS) is 3. The molecule has 7 rings (SSSR count). The van der Waals surface area contributed by atoms with Crippen molar-refractivity contribution in [2.45, 2.75) is 24.2 Å². The van der Waals surface area contributed by atoms with Gasteiger partial charge < -0.3 is 62.1 Å². The number of esters is 1. The number of hydrogen-bond donors (Lipinski definition) is 9. The fourth-order valence-corrected chi connectivity index (χ4v) is 9.55. The highest BCUT2D eigenvalue weighted by Gasteiger charge is 2.54. The fourth-order valence-electron chi connectivity index (χ4n) is 5.72. The van der Waals surface area contributed by atoms with E-state index in [-0.39, 0.29) is 46.3 Å². The Hall–Kier alpha value is -4.43. The lowest BCUT2D eigenvalue weighted by Crippen LogP contribution is -2.33. The van der Waals surface area contributed by atoms with Crippen molar-refractivity contribution < 1.29 is 77.2 Å². The van der Waals surface area contributed by atoms with Crippen molar-refractivity contribution in [2.24, 2.45) is 17.2 Å². The lowest BCUT2D eigenvalue weighted by molar-refractivity contribution is -0.192. The molecule has 0 aromatic heterocycles. The maximum absolute atomic E-state index is 12.7. The van der Waals surface area contributed by atoms with Gasteiger partial charge in [-0.3, -0.25) is 4.79 Å². The van der Waals surface area contributed by atoms with Gasteiger partial charge in [-0.2, -0.15) is 13.2 Å². The fraction of sp³-hybridized carbons (Fsp3) is 0.150. The highest BCUT2D eigenvalue weighted by Crippen LogP contribution is 2.57. The van der Waals surface area contributed by atoms with Crippen LogP contribution in [0.15, 0.2) is 78.9 Å². The largest absolute Gasteiger partial charge is 0.508 e. The van der Waals surface area contributed by atoms with Gasteiger partial charge in [-0.15, -0.1) is 0 Å². The van der Waals surface area contributed by atoms with Crippen LogP contribution in [-0.4, -0.2) is 79.8 Å². The molecular formula is C40H32F3I4N3O13. The molecule has 1 spiro atoms. The highest BCUT2D eigenvalue weighted by atomic mass is 127. The Balaban J connectivity index is 0.000000226. The van der Waals surface area contributed by atoms with E-state index in [4.69, 9.17) is 46.4 Å². The summed E-state index contributed by atoms with van der Waals surface area (Å²) in [5.41, 5.74) is 16.3. The zero-order valence-corrected chi connectivity index (χ0v) is 40.3. The van der Waals surface area contributed by atoms with Gasteiger partial charge in [0.15, 0.2) is 11.4 Å². The summed E-state index contributed by atoms with van der Waals surface area (Å²) in [5.74, 6) is -3.59. The molecule has 0 amide bonds. The van der Waals surface area contributed by atoms with Gasteiger partial charge in [0.25, 0.3) is 0 Å². The molecule has 0 saturated carbocycles. The summed E-state index contributed by atoms with van der Waals surface area (Å²) in [5, 5.41) is 55.1. The number of aliphatic carboxylic acids is 2. The molecule has 12 N–H and O–H groups in total. The van der Waals surface area contributed by atoms with E-state index in [0.29, 0.717) is 48.4 Å². The maximum atomic E-state index is 12.7. The van der Waals surface area contributed by atoms with Crippen LogP contribution in [0.4, 0.5) is 13.2 Å².